The topological polar surface area (TPSA) is 61.4 Å². The molecule has 6 heteroatoms. The van der Waals surface area contributed by atoms with Crippen LogP contribution in [0.5, 0.6) is 0 Å². The summed E-state index contributed by atoms with van der Waals surface area (Å²) >= 11 is 0. The molecular weight excluding hydrogens is 338 g/mol. The summed E-state index contributed by atoms with van der Waals surface area (Å²) in [5.41, 5.74) is 3.23. The molecule has 27 heavy (non-hydrogen) atoms. The second kappa shape index (κ2) is 8.31. The molecule has 3 rings (SSSR count). The zero-order valence-corrected chi connectivity index (χ0v) is 15.8. The lowest BCUT2D eigenvalue weighted by Crippen LogP contribution is -2.20. The van der Waals surface area contributed by atoms with Crippen LogP contribution in [-0.4, -0.2) is 36.5 Å². The second-order valence-corrected chi connectivity index (χ2v) is 6.25. The highest BCUT2D eigenvalue weighted by Gasteiger charge is 2.12. The minimum absolute atomic E-state index is 0.234. The van der Waals surface area contributed by atoms with Crippen LogP contribution in [0.15, 0.2) is 67.0 Å². The van der Waals surface area contributed by atoms with E-state index in [4.69, 9.17) is 0 Å². The van der Waals surface area contributed by atoms with Crippen molar-refractivity contribution in [3.63, 3.8) is 0 Å². The van der Waals surface area contributed by atoms with Gasteiger partial charge in [-0.3, -0.25) is 4.79 Å². The molecule has 0 aliphatic rings. The molecule has 0 radical (unpaired) electrons. The van der Waals surface area contributed by atoms with Crippen LogP contribution in [0.4, 0.5) is 23.0 Å². The first-order valence-corrected chi connectivity index (χ1v) is 8.82. The standard InChI is InChI=1S/C21H23N5O/c1-4-26(19-8-6-5-7-9-19)21-22-14-16(15-23-21)20(27)24-17-10-12-18(13-11-17)25(2)3/h5-15H,4H2,1-3H3,(H,24,27). The zero-order chi connectivity index (χ0) is 19.2. The van der Waals surface area contributed by atoms with Gasteiger partial charge in [0.2, 0.25) is 5.95 Å². The number of amides is 1. The lowest BCUT2D eigenvalue weighted by atomic mass is 10.2. The van der Waals surface area contributed by atoms with Crippen molar-refractivity contribution < 1.29 is 4.79 Å². The quantitative estimate of drug-likeness (QED) is 0.720. The average Bonchev–Trinajstić information content (AvgIpc) is 2.70. The molecule has 1 N–H and O–H groups in total. The highest BCUT2D eigenvalue weighted by Crippen LogP contribution is 2.21. The van der Waals surface area contributed by atoms with Crippen LogP contribution in [0, 0.1) is 0 Å². The number of para-hydroxylation sites is 1. The number of rotatable bonds is 6. The molecule has 1 heterocycles. The van der Waals surface area contributed by atoms with Gasteiger partial charge in [0.1, 0.15) is 0 Å². The van der Waals surface area contributed by atoms with E-state index in [1.807, 2.05) is 85.4 Å². The van der Waals surface area contributed by atoms with Crippen LogP contribution >= 0.6 is 0 Å². The summed E-state index contributed by atoms with van der Waals surface area (Å²) < 4.78 is 0. The Hall–Kier alpha value is -3.41. The predicted octanol–water partition coefficient (Wildman–Crippen LogP) is 3.95. The Kier molecular flexibility index (Phi) is 5.66. The van der Waals surface area contributed by atoms with Crippen molar-refractivity contribution in [2.24, 2.45) is 0 Å². The number of benzene rings is 2. The van der Waals surface area contributed by atoms with Crippen molar-refractivity contribution in [1.29, 1.82) is 0 Å². The largest absolute Gasteiger partial charge is 0.378 e. The molecular formula is C21H23N5O. The van der Waals surface area contributed by atoms with Crippen LogP contribution in [0.3, 0.4) is 0 Å². The third kappa shape index (κ3) is 4.41. The molecule has 1 aromatic heterocycles. The fourth-order valence-corrected chi connectivity index (χ4v) is 2.67. The number of hydrogen-bond acceptors (Lipinski definition) is 5. The summed E-state index contributed by atoms with van der Waals surface area (Å²) in [5, 5.41) is 2.87. The Morgan fingerprint density at radius 3 is 2.11 bits per heavy atom. The average molecular weight is 361 g/mol. The van der Waals surface area contributed by atoms with Crippen molar-refractivity contribution in [3.05, 3.63) is 72.6 Å². The Bertz CT molecular complexity index is 877. The van der Waals surface area contributed by atoms with Crippen molar-refractivity contribution in [1.82, 2.24) is 9.97 Å². The van der Waals surface area contributed by atoms with Gasteiger partial charge in [0.05, 0.1) is 5.56 Å². The van der Waals surface area contributed by atoms with Crippen LogP contribution in [0.25, 0.3) is 0 Å². The predicted molar refractivity (Wildman–Crippen MR) is 110 cm³/mol. The Labute approximate surface area is 159 Å². The first-order chi connectivity index (χ1) is 13.1. The minimum Gasteiger partial charge on any atom is -0.378 e. The molecule has 0 fully saturated rings. The molecule has 3 aromatic rings. The van der Waals surface area contributed by atoms with Gasteiger partial charge in [0.25, 0.3) is 5.91 Å². The van der Waals surface area contributed by atoms with Gasteiger partial charge in [-0.25, -0.2) is 9.97 Å². The van der Waals surface area contributed by atoms with Gasteiger partial charge in [-0.2, -0.15) is 0 Å². The second-order valence-electron chi connectivity index (χ2n) is 6.25. The molecule has 0 aliphatic heterocycles. The van der Waals surface area contributed by atoms with Gasteiger partial charge in [-0.1, -0.05) is 18.2 Å². The van der Waals surface area contributed by atoms with Crippen LogP contribution in [0.1, 0.15) is 17.3 Å². The maximum Gasteiger partial charge on any atom is 0.258 e. The van der Waals surface area contributed by atoms with Crippen LogP contribution < -0.4 is 15.1 Å². The summed E-state index contributed by atoms with van der Waals surface area (Å²) in [4.78, 5) is 25.2. The molecule has 138 valence electrons. The number of anilines is 4. The van der Waals surface area contributed by atoms with Gasteiger partial charge >= 0.3 is 0 Å². The monoisotopic (exact) mass is 361 g/mol. The molecule has 6 nitrogen and oxygen atoms in total. The molecule has 0 saturated carbocycles. The van der Waals surface area contributed by atoms with E-state index in [9.17, 15) is 4.79 Å². The Balaban J connectivity index is 1.71. The summed E-state index contributed by atoms with van der Waals surface area (Å²) in [7, 11) is 3.95. The van der Waals surface area contributed by atoms with E-state index in [2.05, 4.69) is 15.3 Å². The van der Waals surface area contributed by atoms with Crippen LogP contribution in [0.2, 0.25) is 0 Å². The summed E-state index contributed by atoms with van der Waals surface area (Å²) in [6, 6.07) is 17.6. The highest BCUT2D eigenvalue weighted by molar-refractivity contribution is 6.04. The fourth-order valence-electron chi connectivity index (χ4n) is 2.67. The number of aromatic nitrogens is 2. The maximum atomic E-state index is 12.4. The molecule has 0 atom stereocenters. The van der Waals surface area contributed by atoms with E-state index in [-0.39, 0.29) is 5.91 Å². The SMILES string of the molecule is CCN(c1ccccc1)c1ncc(C(=O)Nc2ccc(N(C)C)cc2)cn1. The number of carbonyl (C=O) groups excluding carboxylic acids is 1. The number of carbonyl (C=O) groups is 1. The van der Waals surface area contributed by atoms with Gasteiger partial charge in [0, 0.05) is 50.1 Å². The van der Waals surface area contributed by atoms with Gasteiger partial charge in [-0.05, 0) is 43.3 Å². The van der Waals surface area contributed by atoms with Crippen molar-refractivity contribution in [2.75, 3.05) is 35.8 Å². The first-order valence-electron chi connectivity index (χ1n) is 8.82. The molecule has 0 bridgehead atoms. The van der Waals surface area contributed by atoms with Crippen LogP contribution in [-0.2, 0) is 0 Å². The van der Waals surface area contributed by atoms with Crippen molar-refractivity contribution >= 4 is 28.9 Å². The van der Waals surface area contributed by atoms with Crippen molar-refractivity contribution in [3.8, 4) is 0 Å². The van der Waals surface area contributed by atoms with E-state index >= 15 is 0 Å². The van der Waals surface area contributed by atoms with Crippen molar-refractivity contribution in [2.45, 2.75) is 6.92 Å². The molecule has 1 amide bonds. The lowest BCUT2D eigenvalue weighted by Gasteiger charge is -2.20. The van der Waals surface area contributed by atoms with Gasteiger partial charge in [0.15, 0.2) is 0 Å². The van der Waals surface area contributed by atoms with E-state index in [1.54, 1.807) is 12.4 Å². The number of hydrogen-bond donors (Lipinski definition) is 1. The first kappa shape index (κ1) is 18.4. The van der Waals surface area contributed by atoms with E-state index in [0.717, 1.165) is 23.6 Å². The minimum atomic E-state index is -0.234. The van der Waals surface area contributed by atoms with E-state index in [1.165, 1.54) is 0 Å². The molecule has 0 spiro atoms. The fraction of sp³-hybridized carbons (Fsp3) is 0.190. The lowest BCUT2D eigenvalue weighted by molar-refractivity contribution is 0.102. The normalized spacial score (nSPS) is 10.3. The Morgan fingerprint density at radius 2 is 1.56 bits per heavy atom. The molecule has 2 aromatic carbocycles. The smallest absolute Gasteiger partial charge is 0.258 e. The van der Waals surface area contributed by atoms with E-state index in [0.29, 0.717) is 11.5 Å². The van der Waals surface area contributed by atoms with Gasteiger partial charge in [-0.15, -0.1) is 0 Å². The van der Waals surface area contributed by atoms with Gasteiger partial charge < -0.3 is 15.1 Å². The number of nitrogens with one attached hydrogen (secondary N) is 1. The highest BCUT2D eigenvalue weighted by atomic mass is 16.1. The molecule has 0 aliphatic carbocycles. The third-order valence-electron chi connectivity index (χ3n) is 4.17. The molecule has 0 saturated heterocycles. The summed E-state index contributed by atoms with van der Waals surface area (Å²) in [5.74, 6) is 0.331. The summed E-state index contributed by atoms with van der Waals surface area (Å²) in [6.07, 6.45) is 3.11. The maximum absolute atomic E-state index is 12.4. The summed E-state index contributed by atoms with van der Waals surface area (Å²) in [6.45, 7) is 2.77. The molecule has 0 unspecified atom stereocenters. The Morgan fingerprint density at radius 1 is 0.926 bits per heavy atom. The zero-order valence-electron chi connectivity index (χ0n) is 15.8. The van der Waals surface area contributed by atoms with E-state index < -0.39 is 0 Å². The third-order valence-corrected chi connectivity index (χ3v) is 4.17. The number of nitrogens with zero attached hydrogens (tertiary/aromatic N) is 4.